The van der Waals surface area contributed by atoms with Crippen molar-refractivity contribution in [2.75, 3.05) is 17.9 Å². The van der Waals surface area contributed by atoms with Crippen molar-refractivity contribution in [3.8, 4) is 11.5 Å². The molecule has 7 nitrogen and oxygen atoms in total. The van der Waals surface area contributed by atoms with E-state index >= 15 is 0 Å². The van der Waals surface area contributed by atoms with Crippen molar-refractivity contribution >= 4 is 33.2 Å². The topological polar surface area (TPSA) is 93.7 Å². The molecule has 1 aliphatic rings. The highest BCUT2D eigenvalue weighted by Crippen LogP contribution is 2.28. The minimum absolute atomic E-state index is 0.0101. The molecule has 0 aromatic heterocycles. The first-order valence-corrected chi connectivity index (χ1v) is 11.7. The number of hydrogen-bond donors (Lipinski definition) is 2. The van der Waals surface area contributed by atoms with Gasteiger partial charge in [0.1, 0.15) is 11.5 Å². The van der Waals surface area contributed by atoms with Crippen LogP contribution in [-0.4, -0.2) is 33.6 Å². The lowest BCUT2D eigenvalue weighted by Gasteiger charge is -2.14. The summed E-state index contributed by atoms with van der Waals surface area (Å²) in [6.45, 7) is 2.22. The smallest absolute Gasteiger partial charge is 0.261 e. The van der Waals surface area contributed by atoms with E-state index in [4.69, 9.17) is 21.1 Å². The summed E-state index contributed by atoms with van der Waals surface area (Å²) < 4.78 is 38.6. The van der Waals surface area contributed by atoms with E-state index in [0.717, 1.165) is 25.7 Å². The van der Waals surface area contributed by atoms with E-state index in [2.05, 4.69) is 10.0 Å². The molecular weight excluding hydrogens is 428 g/mol. The third-order valence-corrected chi connectivity index (χ3v) is 6.38. The molecule has 0 aliphatic heterocycles. The number of carbonyl (C=O) groups excluding carboxylic acids is 1. The fourth-order valence-corrected chi connectivity index (χ4v) is 4.63. The molecule has 0 saturated heterocycles. The molecule has 1 aliphatic carbocycles. The Balaban J connectivity index is 1.60. The van der Waals surface area contributed by atoms with E-state index < -0.39 is 10.0 Å². The van der Waals surface area contributed by atoms with Gasteiger partial charge in [0.2, 0.25) is 0 Å². The number of amides is 1. The van der Waals surface area contributed by atoms with Gasteiger partial charge in [0.15, 0.2) is 6.61 Å². The molecule has 0 bridgehead atoms. The molecule has 1 fully saturated rings. The lowest BCUT2D eigenvalue weighted by atomic mass is 10.2. The number of anilines is 1. The van der Waals surface area contributed by atoms with Crippen molar-refractivity contribution in [2.45, 2.75) is 43.5 Å². The summed E-state index contributed by atoms with van der Waals surface area (Å²) in [6.07, 6.45) is 4.22. The molecule has 2 aromatic carbocycles. The fraction of sp³-hybridized carbons (Fsp3) is 0.381. The third-order valence-electron chi connectivity index (χ3n) is 4.71. The van der Waals surface area contributed by atoms with Crippen molar-refractivity contribution in [1.82, 2.24) is 5.32 Å². The van der Waals surface area contributed by atoms with E-state index in [0.29, 0.717) is 18.0 Å². The first-order chi connectivity index (χ1) is 14.4. The van der Waals surface area contributed by atoms with Gasteiger partial charge in [-0.1, -0.05) is 24.4 Å². The van der Waals surface area contributed by atoms with Crippen LogP contribution in [0.4, 0.5) is 5.69 Å². The van der Waals surface area contributed by atoms with Gasteiger partial charge in [0.05, 0.1) is 16.5 Å². The quantitative estimate of drug-likeness (QED) is 0.600. The average Bonchev–Trinajstić information content (AvgIpc) is 3.21. The second-order valence-electron chi connectivity index (χ2n) is 6.99. The number of rotatable bonds is 9. The van der Waals surface area contributed by atoms with Crippen molar-refractivity contribution in [2.24, 2.45) is 0 Å². The van der Waals surface area contributed by atoms with Crippen LogP contribution in [0, 0.1) is 0 Å². The molecule has 0 heterocycles. The Kier molecular flexibility index (Phi) is 7.44. The van der Waals surface area contributed by atoms with E-state index in [1.54, 1.807) is 24.3 Å². The van der Waals surface area contributed by atoms with Crippen LogP contribution in [0.2, 0.25) is 5.02 Å². The SMILES string of the molecule is CCOc1ccc(NS(=O)(=O)c2ccc(OCC(=O)NC3CCCC3)c(Cl)c2)cc1. The number of sulfonamides is 1. The predicted octanol–water partition coefficient (Wildman–Crippen LogP) is 3.98. The van der Waals surface area contributed by atoms with Gasteiger partial charge in [-0.2, -0.15) is 0 Å². The molecule has 30 heavy (non-hydrogen) atoms. The highest BCUT2D eigenvalue weighted by atomic mass is 35.5. The first kappa shape index (κ1) is 22.2. The maximum Gasteiger partial charge on any atom is 0.261 e. The summed E-state index contributed by atoms with van der Waals surface area (Å²) >= 11 is 6.18. The highest BCUT2D eigenvalue weighted by molar-refractivity contribution is 7.92. The largest absolute Gasteiger partial charge is 0.494 e. The van der Waals surface area contributed by atoms with Crippen LogP contribution in [-0.2, 0) is 14.8 Å². The van der Waals surface area contributed by atoms with E-state index in [1.807, 2.05) is 6.92 Å². The Bertz CT molecular complexity index is 973. The number of hydrogen-bond acceptors (Lipinski definition) is 5. The average molecular weight is 453 g/mol. The number of benzene rings is 2. The summed E-state index contributed by atoms with van der Waals surface area (Å²) in [4.78, 5) is 12.0. The molecule has 0 radical (unpaired) electrons. The molecule has 1 amide bonds. The molecule has 9 heteroatoms. The van der Waals surface area contributed by atoms with Gasteiger partial charge in [-0.25, -0.2) is 8.42 Å². The maximum absolute atomic E-state index is 12.6. The van der Waals surface area contributed by atoms with Crippen LogP contribution >= 0.6 is 11.6 Å². The van der Waals surface area contributed by atoms with Gasteiger partial charge in [0.25, 0.3) is 15.9 Å². The zero-order valence-electron chi connectivity index (χ0n) is 16.7. The molecule has 1 saturated carbocycles. The van der Waals surface area contributed by atoms with E-state index in [9.17, 15) is 13.2 Å². The van der Waals surface area contributed by atoms with Gasteiger partial charge < -0.3 is 14.8 Å². The van der Waals surface area contributed by atoms with Crippen LogP contribution in [0.1, 0.15) is 32.6 Å². The summed E-state index contributed by atoms with van der Waals surface area (Å²) in [5, 5.41) is 3.03. The van der Waals surface area contributed by atoms with Crippen LogP contribution in [0.5, 0.6) is 11.5 Å². The minimum Gasteiger partial charge on any atom is -0.494 e. The summed E-state index contributed by atoms with van der Waals surface area (Å²) in [5.74, 6) is 0.687. The molecule has 3 rings (SSSR count). The molecule has 0 atom stereocenters. The third kappa shape index (κ3) is 6.03. The Hall–Kier alpha value is -2.45. The van der Waals surface area contributed by atoms with Gasteiger partial charge in [0, 0.05) is 11.7 Å². The van der Waals surface area contributed by atoms with Crippen LogP contribution in [0.15, 0.2) is 47.4 Å². The number of ether oxygens (including phenoxy) is 2. The van der Waals surface area contributed by atoms with Crippen LogP contribution < -0.4 is 19.5 Å². The normalized spacial score (nSPS) is 14.3. The van der Waals surface area contributed by atoms with Gasteiger partial charge in [-0.3, -0.25) is 9.52 Å². The van der Waals surface area contributed by atoms with Crippen LogP contribution in [0.3, 0.4) is 0 Å². The van der Waals surface area contributed by atoms with Gasteiger partial charge in [-0.15, -0.1) is 0 Å². The summed E-state index contributed by atoms with van der Waals surface area (Å²) in [5.41, 5.74) is 0.401. The Labute approximate surface area is 181 Å². The van der Waals surface area contributed by atoms with E-state index in [-0.39, 0.29) is 34.2 Å². The molecule has 2 N–H and O–H groups in total. The zero-order valence-corrected chi connectivity index (χ0v) is 18.3. The lowest BCUT2D eigenvalue weighted by Crippen LogP contribution is -2.36. The lowest BCUT2D eigenvalue weighted by molar-refractivity contribution is -0.123. The van der Waals surface area contributed by atoms with Crippen molar-refractivity contribution in [1.29, 1.82) is 0 Å². The van der Waals surface area contributed by atoms with Crippen molar-refractivity contribution in [3.05, 3.63) is 47.5 Å². The second-order valence-corrected chi connectivity index (χ2v) is 9.08. The molecule has 0 unspecified atom stereocenters. The summed E-state index contributed by atoms with van der Waals surface area (Å²) in [7, 11) is -3.83. The minimum atomic E-state index is -3.83. The first-order valence-electron chi connectivity index (χ1n) is 9.85. The fourth-order valence-electron chi connectivity index (χ4n) is 3.25. The molecule has 0 spiro atoms. The predicted molar refractivity (Wildman–Crippen MR) is 116 cm³/mol. The van der Waals surface area contributed by atoms with Crippen molar-refractivity contribution < 1.29 is 22.7 Å². The molecule has 2 aromatic rings. The molecular formula is C21H25ClN2O5S. The Morgan fingerprint density at radius 1 is 1.10 bits per heavy atom. The number of nitrogens with one attached hydrogen (secondary N) is 2. The maximum atomic E-state index is 12.6. The monoisotopic (exact) mass is 452 g/mol. The summed E-state index contributed by atoms with van der Waals surface area (Å²) in [6, 6.07) is 10.9. The zero-order chi connectivity index (χ0) is 21.6. The van der Waals surface area contributed by atoms with Gasteiger partial charge >= 0.3 is 0 Å². The standard InChI is InChI=1S/C21H25ClN2O5S/c1-2-28-17-9-7-16(8-10-17)24-30(26,27)18-11-12-20(19(22)13-18)29-14-21(25)23-15-5-3-4-6-15/h7-13,15,24H,2-6,14H2,1H3,(H,23,25). The Morgan fingerprint density at radius 2 is 1.80 bits per heavy atom. The van der Waals surface area contributed by atoms with Crippen molar-refractivity contribution in [3.63, 3.8) is 0 Å². The Morgan fingerprint density at radius 3 is 2.43 bits per heavy atom. The second kappa shape index (κ2) is 10.0. The van der Waals surface area contributed by atoms with E-state index in [1.165, 1.54) is 18.2 Å². The number of carbonyl (C=O) groups is 1. The molecule has 162 valence electrons. The number of halogens is 1. The van der Waals surface area contributed by atoms with Gasteiger partial charge in [-0.05, 0) is 62.2 Å². The highest BCUT2D eigenvalue weighted by Gasteiger charge is 2.19. The van der Waals surface area contributed by atoms with Crippen LogP contribution in [0.25, 0.3) is 0 Å².